The second kappa shape index (κ2) is 9.18. The number of nitrogens with one attached hydrogen (secondary N) is 2. The number of rotatable bonds is 9. The van der Waals surface area contributed by atoms with Crippen molar-refractivity contribution in [3.05, 3.63) is 52.6 Å². The van der Waals surface area contributed by atoms with Crippen LogP contribution in [0.15, 0.2) is 52.3 Å². The third kappa shape index (κ3) is 5.93. The molecule has 27 heavy (non-hydrogen) atoms. The highest BCUT2D eigenvalue weighted by atomic mass is 32.2. The van der Waals surface area contributed by atoms with Gasteiger partial charge < -0.3 is 10.2 Å². The van der Waals surface area contributed by atoms with Crippen molar-refractivity contribution < 1.29 is 13.3 Å². The first-order valence-electron chi connectivity index (χ1n) is 8.07. The Morgan fingerprint density at radius 1 is 1.19 bits per heavy atom. The van der Waals surface area contributed by atoms with E-state index in [1.54, 1.807) is 17.8 Å². The zero-order chi connectivity index (χ0) is 20.0. The number of nitro benzene ring substituents is 1. The molecule has 0 amide bonds. The van der Waals surface area contributed by atoms with E-state index in [-0.39, 0.29) is 22.8 Å². The van der Waals surface area contributed by atoms with Crippen LogP contribution in [0.5, 0.6) is 0 Å². The molecule has 2 rings (SSSR count). The summed E-state index contributed by atoms with van der Waals surface area (Å²) >= 11 is 1.55. The van der Waals surface area contributed by atoms with Crippen molar-refractivity contribution in [2.45, 2.75) is 9.79 Å². The van der Waals surface area contributed by atoms with E-state index in [4.69, 9.17) is 0 Å². The largest absolute Gasteiger partial charge is 0.350 e. The van der Waals surface area contributed by atoms with Crippen molar-refractivity contribution in [3.63, 3.8) is 0 Å². The van der Waals surface area contributed by atoms with Gasteiger partial charge in [0.2, 0.25) is 10.0 Å². The molecule has 0 aliphatic heterocycles. The zero-order valence-corrected chi connectivity index (χ0v) is 16.9. The van der Waals surface area contributed by atoms with E-state index < -0.39 is 14.9 Å². The van der Waals surface area contributed by atoms with Crippen LogP contribution in [0.3, 0.4) is 0 Å². The van der Waals surface area contributed by atoms with Crippen molar-refractivity contribution in [2.24, 2.45) is 0 Å². The zero-order valence-electron chi connectivity index (χ0n) is 15.3. The van der Waals surface area contributed by atoms with Crippen LogP contribution in [0.4, 0.5) is 17.1 Å². The van der Waals surface area contributed by atoms with Gasteiger partial charge in [-0.05, 0) is 50.7 Å². The molecule has 2 aromatic carbocycles. The van der Waals surface area contributed by atoms with Crippen LogP contribution < -0.4 is 10.0 Å². The number of hydrogen-bond acceptors (Lipinski definition) is 7. The maximum absolute atomic E-state index is 12.4. The number of benzene rings is 2. The van der Waals surface area contributed by atoms with Gasteiger partial charge in [-0.3, -0.25) is 10.1 Å². The first kappa shape index (κ1) is 21.2. The fraction of sp³-hybridized carbons (Fsp3) is 0.294. The summed E-state index contributed by atoms with van der Waals surface area (Å²) in [6.07, 6.45) is 1.94. The van der Waals surface area contributed by atoms with Crippen molar-refractivity contribution in [3.8, 4) is 0 Å². The van der Waals surface area contributed by atoms with Crippen LogP contribution in [-0.4, -0.2) is 51.7 Å². The monoisotopic (exact) mass is 410 g/mol. The molecule has 0 fully saturated rings. The predicted octanol–water partition coefficient (Wildman–Crippen LogP) is 2.90. The highest BCUT2D eigenvalue weighted by Gasteiger charge is 2.21. The van der Waals surface area contributed by atoms with Crippen molar-refractivity contribution in [2.75, 3.05) is 38.8 Å². The normalized spacial score (nSPS) is 11.6. The third-order valence-corrected chi connectivity index (χ3v) is 5.86. The van der Waals surface area contributed by atoms with Gasteiger partial charge in [-0.25, -0.2) is 13.1 Å². The second-order valence-corrected chi connectivity index (χ2v) is 8.64. The van der Waals surface area contributed by atoms with E-state index in [1.807, 2.05) is 43.5 Å². The lowest BCUT2D eigenvalue weighted by molar-refractivity contribution is -0.384. The molecule has 0 saturated carbocycles. The molecule has 0 aliphatic carbocycles. The Bertz CT molecular complexity index is 917. The van der Waals surface area contributed by atoms with Crippen LogP contribution >= 0.6 is 11.8 Å². The predicted molar refractivity (Wildman–Crippen MR) is 108 cm³/mol. The number of sulfonamides is 1. The molecule has 10 heteroatoms. The molecule has 0 aromatic heterocycles. The maximum atomic E-state index is 12.4. The van der Waals surface area contributed by atoms with Gasteiger partial charge in [-0.1, -0.05) is 6.07 Å². The Labute approximate surface area is 163 Å². The summed E-state index contributed by atoms with van der Waals surface area (Å²) in [5.41, 5.74) is 0.607. The molecule has 0 unspecified atom stereocenters. The van der Waals surface area contributed by atoms with E-state index in [0.29, 0.717) is 12.2 Å². The molecule has 0 radical (unpaired) electrons. The fourth-order valence-corrected chi connectivity index (χ4v) is 3.78. The Balaban J connectivity index is 2.29. The van der Waals surface area contributed by atoms with Crippen molar-refractivity contribution in [1.29, 1.82) is 0 Å². The third-order valence-electron chi connectivity index (χ3n) is 3.68. The Morgan fingerprint density at radius 3 is 2.56 bits per heavy atom. The topological polar surface area (TPSA) is 105 Å². The lowest BCUT2D eigenvalue weighted by Gasteiger charge is -2.12. The number of thioether (sulfide) groups is 1. The van der Waals surface area contributed by atoms with E-state index in [9.17, 15) is 18.5 Å². The van der Waals surface area contributed by atoms with Crippen LogP contribution in [-0.2, 0) is 10.0 Å². The van der Waals surface area contributed by atoms with E-state index in [0.717, 1.165) is 11.0 Å². The number of nitro groups is 1. The van der Waals surface area contributed by atoms with Crippen LogP contribution in [0.1, 0.15) is 0 Å². The van der Waals surface area contributed by atoms with Gasteiger partial charge in [0.05, 0.1) is 9.82 Å². The smallest absolute Gasteiger partial charge is 0.294 e. The molecule has 146 valence electrons. The molecule has 2 aromatic rings. The van der Waals surface area contributed by atoms with Gasteiger partial charge in [0.1, 0.15) is 5.69 Å². The lowest BCUT2D eigenvalue weighted by atomic mass is 10.2. The second-order valence-electron chi connectivity index (χ2n) is 5.99. The summed E-state index contributed by atoms with van der Waals surface area (Å²) in [5, 5.41) is 14.4. The van der Waals surface area contributed by atoms with E-state index in [1.165, 1.54) is 12.1 Å². The fourth-order valence-electron chi connectivity index (χ4n) is 2.28. The molecule has 8 nitrogen and oxygen atoms in total. The van der Waals surface area contributed by atoms with Crippen molar-refractivity contribution in [1.82, 2.24) is 9.62 Å². The van der Waals surface area contributed by atoms with Crippen LogP contribution in [0, 0.1) is 10.1 Å². The van der Waals surface area contributed by atoms with Gasteiger partial charge in [0, 0.05) is 29.7 Å². The molecule has 0 spiro atoms. The molecule has 0 heterocycles. The SMILES string of the molecule is CSc1cccc(Nc2ccc(S(=O)(=O)NCCN(C)C)cc2[N+](=O)[O-])c1. The highest BCUT2D eigenvalue weighted by molar-refractivity contribution is 7.98. The van der Waals surface area contributed by atoms with Crippen LogP contribution in [0.2, 0.25) is 0 Å². The minimum absolute atomic E-state index is 0.142. The van der Waals surface area contributed by atoms with Gasteiger partial charge in [-0.2, -0.15) is 0 Å². The summed E-state index contributed by atoms with van der Waals surface area (Å²) in [5.74, 6) is 0. The average Bonchev–Trinajstić information content (AvgIpc) is 2.61. The van der Waals surface area contributed by atoms with Gasteiger partial charge in [-0.15, -0.1) is 11.8 Å². The summed E-state index contributed by atoms with van der Waals surface area (Å²) in [6, 6.07) is 11.3. The Hall–Kier alpha value is -2.14. The maximum Gasteiger partial charge on any atom is 0.294 e. The Morgan fingerprint density at radius 2 is 1.93 bits per heavy atom. The number of hydrogen-bond donors (Lipinski definition) is 2. The minimum Gasteiger partial charge on any atom is -0.350 e. The van der Waals surface area contributed by atoms with E-state index >= 15 is 0 Å². The van der Waals surface area contributed by atoms with E-state index in [2.05, 4.69) is 10.0 Å². The van der Waals surface area contributed by atoms with Crippen molar-refractivity contribution >= 4 is 38.8 Å². The van der Waals surface area contributed by atoms with Gasteiger partial charge >= 0.3 is 0 Å². The molecule has 0 saturated heterocycles. The molecular formula is C17H22N4O4S2. The summed E-state index contributed by atoms with van der Waals surface area (Å²) in [6.45, 7) is 0.733. The first-order valence-corrected chi connectivity index (χ1v) is 10.8. The Kier molecular flexibility index (Phi) is 7.19. The molecule has 0 bridgehead atoms. The quantitative estimate of drug-likeness (QED) is 0.372. The number of nitrogens with zero attached hydrogens (tertiary/aromatic N) is 2. The molecule has 0 aliphatic rings. The standard InChI is InChI=1S/C17H22N4O4S2/c1-20(2)10-9-18-27(24,25)15-7-8-16(17(12-15)21(22)23)19-13-5-4-6-14(11-13)26-3/h4-8,11-12,18-19H,9-10H2,1-3H3. The molecular weight excluding hydrogens is 388 g/mol. The average molecular weight is 411 g/mol. The van der Waals surface area contributed by atoms with Crippen LogP contribution in [0.25, 0.3) is 0 Å². The minimum atomic E-state index is -3.82. The van der Waals surface area contributed by atoms with Gasteiger partial charge in [0.25, 0.3) is 5.69 Å². The van der Waals surface area contributed by atoms with Gasteiger partial charge in [0.15, 0.2) is 0 Å². The lowest BCUT2D eigenvalue weighted by Crippen LogP contribution is -2.31. The molecule has 0 atom stereocenters. The summed E-state index contributed by atoms with van der Waals surface area (Å²) in [4.78, 5) is 13.6. The molecule has 2 N–H and O–H groups in total. The highest BCUT2D eigenvalue weighted by Crippen LogP contribution is 2.31. The summed E-state index contributed by atoms with van der Waals surface area (Å²) in [7, 11) is -0.174. The summed E-state index contributed by atoms with van der Waals surface area (Å²) < 4.78 is 27.2. The number of likely N-dealkylation sites (N-methyl/N-ethyl adjacent to an activating group) is 1. The first-order chi connectivity index (χ1) is 12.7. The number of anilines is 2.